The number of aliphatic hydroxyl groups is 1. The van der Waals surface area contributed by atoms with Crippen LogP contribution in [-0.2, 0) is 4.79 Å². The summed E-state index contributed by atoms with van der Waals surface area (Å²) in [7, 11) is 0. The van der Waals surface area contributed by atoms with Crippen molar-refractivity contribution in [3.8, 4) is 0 Å². The standard InChI is InChI=1S/C21H23N3O3/c1-2-18(26)24-17(12-25)19(15-6-4-3-5-7-15)21(24)13-23(14-21)20(27)16-8-10-22-11-9-16/h3-11,17,19,25H,2,12-14H2,1H3/t17-,19+/m1/s1. The summed E-state index contributed by atoms with van der Waals surface area (Å²) < 4.78 is 0. The third-order valence-electron chi connectivity index (χ3n) is 5.84. The molecule has 0 bridgehead atoms. The van der Waals surface area contributed by atoms with Crippen LogP contribution in [0.25, 0.3) is 0 Å². The summed E-state index contributed by atoms with van der Waals surface area (Å²) >= 11 is 0. The Balaban J connectivity index is 1.62. The lowest BCUT2D eigenvalue weighted by Crippen LogP contribution is -2.85. The fraction of sp³-hybridized carbons (Fsp3) is 0.381. The number of benzene rings is 1. The van der Waals surface area contributed by atoms with Crippen LogP contribution < -0.4 is 0 Å². The zero-order valence-corrected chi connectivity index (χ0v) is 15.3. The Morgan fingerprint density at radius 2 is 1.81 bits per heavy atom. The van der Waals surface area contributed by atoms with Crippen LogP contribution in [0.3, 0.4) is 0 Å². The predicted octanol–water partition coefficient (Wildman–Crippen LogP) is 1.67. The van der Waals surface area contributed by atoms with Gasteiger partial charge in [0, 0.05) is 43.4 Å². The highest BCUT2D eigenvalue weighted by molar-refractivity contribution is 5.95. The molecular weight excluding hydrogens is 342 g/mol. The third kappa shape index (κ3) is 2.63. The van der Waals surface area contributed by atoms with Gasteiger partial charge in [0.25, 0.3) is 5.91 Å². The van der Waals surface area contributed by atoms with Crippen LogP contribution in [0.15, 0.2) is 54.9 Å². The van der Waals surface area contributed by atoms with Crippen molar-refractivity contribution >= 4 is 11.8 Å². The van der Waals surface area contributed by atoms with Crippen molar-refractivity contribution in [1.29, 1.82) is 0 Å². The van der Waals surface area contributed by atoms with Gasteiger partial charge in [0.2, 0.25) is 5.91 Å². The predicted molar refractivity (Wildman–Crippen MR) is 100 cm³/mol. The average molecular weight is 365 g/mol. The molecule has 6 nitrogen and oxygen atoms in total. The van der Waals surface area contributed by atoms with E-state index in [1.165, 1.54) is 0 Å². The van der Waals surface area contributed by atoms with Crippen molar-refractivity contribution in [3.05, 3.63) is 66.0 Å². The van der Waals surface area contributed by atoms with E-state index in [1.807, 2.05) is 42.2 Å². The Kier molecular flexibility index (Phi) is 4.44. The number of carbonyl (C=O) groups excluding carboxylic acids is 2. The van der Waals surface area contributed by atoms with Gasteiger partial charge in [0.15, 0.2) is 0 Å². The first-order valence-electron chi connectivity index (χ1n) is 9.29. The zero-order valence-electron chi connectivity index (χ0n) is 15.3. The lowest BCUT2D eigenvalue weighted by atomic mass is 9.60. The number of likely N-dealkylation sites (tertiary alicyclic amines) is 2. The minimum atomic E-state index is -0.426. The van der Waals surface area contributed by atoms with Crippen molar-refractivity contribution in [2.45, 2.75) is 30.8 Å². The molecule has 27 heavy (non-hydrogen) atoms. The fourth-order valence-electron chi connectivity index (χ4n) is 4.67. The van der Waals surface area contributed by atoms with E-state index in [1.54, 1.807) is 29.4 Å². The fourth-order valence-corrected chi connectivity index (χ4v) is 4.67. The van der Waals surface area contributed by atoms with Gasteiger partial charge in [-0.3, -0.25) is 14.6 Å². The van der Waals surface area contributed by atoms with Crippen LogP contribution in [0, 0.1) is 0 Å². The maximum Gasteiger partial charge on any atom is 0.254 e. The molecule has 0 saturated carbocycles. The molecule has 0 radical (unpaired) electrons. The van der Waals surface area contributed by atoms with Gasteiger partial charge < -0.3 is 14.9 Å². The van der Waals surface area contributed by atoms with E-state index >= 15 is 0 Å². The molecule has 2 aliphatic rings. The molecule has 1 aromatic heterocycles. The number of pyridine rings is 1. The second-order valence-electron chi connectivity index (χ2n) is 7.26. The summed E-state index contributed by atoms with van der Waals surface area (Å²) in [5.41, 5.74) is 1.28. The molecule has 1 aromatic carbocycles. The van der Waals surface area contributed by atoms with E-state index in [0.29, 0.717) is 25.1 Å². The first-order chi connectivity index (χ1) is 13.1. The number of carbonyl (C=O) groups is 2. The molecule has 2 fully saturated rings. The summed E-state index contributed by atoms with van der Waals surface area (Å²) in [5.74, 6) is 0.00381. The number of aliphatic hydroxyl groups excluding tert-OH is 1. The molecule has 2 saturated heterocycles. The average Bonchev–Trinajstić information content (AvgIpc) is 2.67. The second kappa shape index (κ2) is 6.78. The number of hydrogen-bond donors (Lipinski definition) is 1. The quantitative estimate of drug-likeness (QED) is 0.895. The summed E-state index contributed by atoms with van der Waals surface area (Å²) in [5, 5.41) is 9.96. The number of amides is 2. The third-order valence-corrected chi connectivity index (χ3v) is 5.84. The first-order valence-corrected chi connectivity index (χ1v) is 9.29. The second-order valence-corrected chi connectivity index (χ2v) is 7.26. The number of rotatable bonds is 4. The van der Waals surface area contributed by atoms with E-state index in [-0.39, 0.29) is 30.4 Å². The van der Waals surface area contributed by atoms with Gasteiger partial charge in [-0.1, -0.05) is 37.3 Å². The molecule has 4 rings (SSSR count). The molecule has 1 spiro atoms. The Bertz CT molecular complexity index is 834. The van der Waals surface area contributed by atoms with Gasteiger partial charge in [-0.15, -0.1) is 0 Å². The minimum Gasteiger partial charge on any atom is -0.394 e. The largest absolute Gasteiger partial charge is 0.394 e. The van der Waals surface area contributed by atoms with Crippen LogP contribution >= 0.6 is 0 Å². The Labute approximate surface area is 158 Å². The van der Waals surface area contributed by atoms with Gasteiger partial charge in [-0.2, -0.15) is 0 Å². The molecule has 2 aliphatic heterocycles. The molecule has 0 aliphatic carbocycles. The smallest absolute Gasteiger partial charge is 0.254 e. The van der Waals surface area contributed by atoms with Gasteiger partial charge in [-0.25, -0.2) is 0 Å². The van der Waals surface area contributed by atoms with Crippen molar-refractivity contribution in [2.24, 2.45) is 0 Å². The van der Waals surface area contributed by atoms with Gasteiger partial charge in [0.05, 0.1) is 18.2 Å². The summed E-state index contributed by atoms with van der Waals surface area (Å²) in [6.07, 6.45) is 3.60. The molecule has 1 N–H and O–H groups in total. The van der Waals surface area contributed by atoms with Crippen LogP contribution in [0.1, 0.15) is 35.2 Å². The lowest BCUT2D eigenvalue weighted by molar-refractivity contribution is -0.193. The summed E-state index contributed by atoms with van der Waals surface area (Å²) in [6, 6.07) is 13.1. The molecule has 2 amide bonds. The molecule has 3 heterocycles. The molecule has 2 atom stereocenters. The van der Waals surface area contributed by atoms with E-state index in [0.717, 1.165) is 5.56 Å². The normalized spacial score (nSPS) is 22.9. The maximum absolute atomic E-state index is 12.7. The molecule has 6 heteroatoms. The number of aromatic nitrogens is 1. The van der Waals surface area contributed by atoms with Gasteiger partial charge >= 0.3 is 0 Å². The van der Waals surface area contributed by atoms with Crippen molar-refractivity contribution in [1.82, 2.24) is 14.8 Å². The van der Waals surface area contributed by atoms with Crippen LogP contribution in [0.4, 0.5) is 0 Å². The molecule has 2 aromatic rings. The van der Waals surface area contributed by atoms with Crippen LogP contribution in [0.2, 0.25) is 0 Å². The van der Waals surface area contributed by atoms with E-state index < -0.39 is 5.54 Å². The van der Waals surface area contributed by atoms with Gasteiger partial charge in [0.1, 0.15) is 0 Å². The number of hydrogen-bond acceptors (Lipinski definition) is 4. The van der Waals surface area contributed by atoms with Crippen molar-refractivity contribution < 1.29 is 14.7 Å². The van der Waals surface area contributed by atoms with Crippen molar-refractivity contribution in [2.75, 3.05) is 19.7 Å². The SMILES string of the molecule is CCC(=O)N1[C@H](CO)[C@H](c2ccccc2)C12CN(C(=O)c1ccncc1)C2. The van der Waals surface area contributed by atoms with Crippen LogP contribution in [0.5, 0.6) is 0 Å². The molecule has 0 unspecified atom stereocenters. The highest BCUT2D eigenvalue weighted by Crippen LogP contribution is 2.54. The highest BCUT2D eigenvalue weighted by atomic mass is 16.3. The Morgan fingerprint density at radius 1 is 1.15 bits per heavy atom. The van der Waals surface area contributed by atoms with Crippen molar-refractivity contribution in [3.63, 3.8) is 0 Å². The Hall–Kier alpha value is -2.73. The highest BCUT2D eigenvalue weighted by Gasteiger charge is 2.67. The maximum atomic E-state index is 12.7. The number of nitrogens with zero attached hydrogens (tertiary/aromatic N) is 3. The summed E-state index contributed by atoms with van der Waals surface area (Å²) in [6.45, 7) is 2.72. The zero-order chi connectivity index (χ0) is 19.0. The van der Waals surface area contributed by atoms with E-state index in [9.17, 15) is 14.7 Å². The topological polar surface area (TPSA) is 73.7 Å². The van der Waals surface area contributed by atoms with Crippen LogP contribution in [-0.4, -0.2) is 63.0 Å². The minimum absolute atomic E-state index is 0.0252. The van der Waals surface area contributed by atoms with E-state index in [4.69, 9.17) is 0 Å². The van der Waals surface area contributed by atoms with Gasteiger partial charge in [-0.05, 0) is 17.7 Å². The molecular formula is C21H23N3O3. The lowest BCUT2D eigenvalue weighted by Gasteiger charge is -2.70. The molecule has 140 valence electrons. The Morgan fingerprint density at radius 3 is 2.41 bits per heavy atom. The first kappa shape index (κ1) is 17.7. The monoisotopic (exact) mass is 365 g/mol. The van der Waals surface area contributed by atoms with E-state index in [2.05, 4.69) is 4.98 Å². The summed E-state index contributed by atoms with van der Waals surface area (Å²) in [4.78, 5) is 32.9.